The van der Waals surface area contributed by atoms with Gasteiger partial charge in [0.15, 0.2) is 5.82 Å². The fraction of sp³-hybridized carbons (Fsp3) is 0.455. The van der Waals surface area contributed by atoms with E-state index in [2.05, 4.69) is 21.9 Å². The van der Waals surface area contributed by atoms with Crippen LogP contribution in [0.15, 0.2) is 10.9 Å². The number of anilines is 2. The summed E-state index contributed by atoms with van der Waals surface area (Å²) in [5.41, 5.74) is 10.6. The van der Waals surface area contributed by atoms with Crippen molar-refractivity contribution in [1.82, 2.24) is 14.8 Å². The Labute approximate surface area is 105 Å². The number of aromatic nitrogens is 3. The zero-order valence-corrected chi connectivity index (χ0v) is 11.2. The Morgan fingerprint density at radius 2 is 2.29 bits per heavy atom. The second kappa shape index (κ2) is 4.75. The predicted molar refractivity (Wildman–Crippen MR) is 71.3 cm³/mol. The lowest BCUT2D eigenvalue weighted by Crippen LogP contribution is -2.21. The molecule has 0 amide bonds. The lowest BCUT2D eigenvalue weighted by molar-refractivity contribution is 0.639. The van der Waals surface area contributed by atoms with E-state index in [9.17, 15) is 0 Å². The standard InChI is InChI=1S/C11H17N5S/c1-4-16-11(10(12)8(2)14-16)15(3)5-9-6-17-7-13-9/h6-7H,4-5,12H2,1-3H3. The third kappa shape index (κ3) is 2.26. The highest BCUT2D eigenvalue weighted by Crippen LogP contribution is 2.26. The van der Waals surface area contributed by atoms with Crippen molar-refractivity contribution in [2.24, 2.45) is 0 Å². The van der Waals surface area contributed by atoms with Crippen LogP contribution in [0, 0.1) is 6.92 Å². The molecule has 0 aliphatic rings. The summed E-state index contributed by atoms with van der Waals surface area (Å²) < 4.78 is 1.93. The molecule has 17 heavy (non-hydrogen) atoms. The molecule has 0 radical (unpaired) electrons. The van der Waals surface area contributed by atoms with Crippen LogP contribution in [0.25, 0.3) is 0 Å². The molecule has 0 aliphatic heterocycles. The van der Waals surface area contributed by atoms with Crippen LogP contribution in [0.1, 0.15) is 18.3 Å². The monoisotopic (exact) mass is 251 g/mol. The first kappa shape index (κ1) is 11.9. The van der Waals surface area contributed by atoms with E-state index in [-0.39, 0.29) is 0 Å². The van der Waals surface area contributed by atoms with Gasteiger partial charge >= 0.3 is 0 Å². The number of rotatable bonds is 4. The molecule has 2 rings (SSSR count). The minimum Gasteiger partial charge on any atom is -0.394 e. The highest BCUT2D eigenvalue weighted by Gasteiger charge is 2.16. The van der Waals surface area contributed by atoms with Gasteiger partial charge in [-0.25, -0.2) is 9.67 Å². The van der Waals surface area contributed by atoms with E-state index in [1.807, 2.05) is 29.5 Å². The van der Waals surface area contributed by atoms with Gasteiger partial charge in [-0.2, -0.15) is 5.10 Å². The molecule has 0 saturated heterocycles. The smallest absolute Gasteiger partial charge is 0.150 e. The van der Waals surface area contributed by atoms with Gasteiger partial charge in [-0.15, -0.1) is 11.3 Å². The largest absolute Gasteiger partial charge is 0.394 e. The first-order valence-corrected chi connectivity index (χ1v) is 6.48. The average molecular weight is 251 g/mol. The third-order valence-corrected chi connectivity index (χ3v) is 3.32. The molecule has 6 heteroatoms. The van der Waals surface area contributed by atoms with Crippen molar-refractivity contribution in [2.45, 2.75) is 26.9 Å². The van der Waals surface area contributed by atoms with Crippen LogP contribution in [0.3, 0.4) is 0 Å². The maximum Gasteiger partial charge on any atom is 0.150 e. The molecule has 0 aliphatic carbocycles. The summed E-state index contributed by atoms with van der Waals surface area (Å²) in [5.74, 6) is 0.970. The Bertz CT molecular complexity index is 488. The van der Waals surface area contributed by atoms with Crippen LogP contribution in [0.2, 0.25) is 0 Å². The van der Waals surface area contributed by atoms with Gasteiger partial charge in [0.25, 0.3) is 0 Å². The van der Waals surface area contributed by atoms with Crippen LogP contribution >= 0.6 is 11.3 Å². The molecule has 0 spiro atoms. The van der Waals surface area contributed by atoms with Crippen molar-refractivity contribution in [3.8, 4) is 0 Å². The molecule has 0 aromatic carbocycles. The highest BCUT2D eigenvalue weighted by atomic mass is 32.1. The van der Waals surface area contributed by atoms with Gasteiger partial charge in [-0.3, -0.25) is 0 Å². The maximum atomic E-state index is 6.07. The highest BCUT2D eigenvalue weighted by molar-refractivity contribution is 7.07. The normalized spacial score (nSPS) is 10.8. The molecule has 2 aromatic rings. The lowest BCUT2D eigenvalue weighted by Gasteiger charge is -2.19. The van der Waals surface area contributed by atoms with Crippen LogP contribution in [-0.4, -0.2) is 21.8 Å². The minimum atomic E-state index is 0.749. The Kier molecular flexibility index (Phi) is 3.33. The van der Waals surface area contributed by atoms with Crippen molar-refractivity contribution < 1.29 is 0 Å². The number of hydrogen-bond acceptors (Lipinski definition) is 5. The number of nitrogens with zero attached hydrogens (tertiary/aromatic N) is 4. The van der Waals surface area contributed by atoms with E-state index in [0.717, 1.165) is 36.0 Å². The molecular weight excluding hydrogens is 234 g/mol. The quantitative estimate of drug-likeness (QED) is 0.901. The summed E-state index contributed by atoms with van der Waals surface area (Å²) in [5, 5.41) is 6.46. The first-order chi connectivity index (χ1) is 8.13. The molecule has 0 fully saturated rings. The second-order valence-electron chi connectivity index (χ2n) is 3.97. The van der Waals surface area contributed by atoms with Gasteiger partial charge in [0.05, 0.1) is 29.1 Å². The van der Waals surface area contributed by atoms with Crippen LogP contribution < -0.4 is 10.6 Å². The zero-order valence-electron chi connectivity index (χ0n) is 10.3. The van der Waals surface area contributed by atoms with E-state index in [1.165, 1.54) is 0 Å². The Morgan fingerprint density at radius 3 is 2.88 bits per heavy atom. The fourth-order valence-corrected chi connectivity index (χ4v) is 2.39. The van der Waals surface area contributed by atoms with E-state index in [1.54, 1.807) is 11.3 Å². The number of nitrogen functional groups attached to an aromatic ring is 1. The van der Waals surface area contributed by atoms with Gasteiger partial charge in [0.2, 0.25) is 0 Å². The maximum absolute atomic E-state index is 6.07. The minimum absolute atomic E-state index is 0.749. The summed E-state index contributed by atoms with van der Waals surface area (Å²) in [4.78, 5) is 6.37. The third-order valence-electron chi connectivity index (χ3n) is 2.69. The molecule has 92 valence electrons. The lowest BCUT2D eigenvalue weighted by atomic mass is 10.3. The van der Waals surface area contributed by atoms with E-state index in [0.29, 0.717) is 0 Å². The van der Waals surface area contributed by atoms with Crippen LogP contribution in [0.5, 0.6) is 0 Å². The van der Waals surface area contributed by atoms with Gasteiger partial charge in [-0.05, 0) is 13.8 Å². The number of aryl methyl sites for hydroxylation is 2. The van der Waals surface area contributed by atoms with E-state index in [4.69, 9.17) is 5.73 Å². The second-order valence-corrected chi connectivity index (χ2v) is 4.69. The zero-order chi connectivity index (χ0) is 12.4. The Balaban J connectivity index is 2.26. The number of thiazole rings is 1. The number of hydrogen-bond donors (Lipinski definition) is 1. The fourth-order valence-electron chi connectivity index (χ4n) is 1.84. The predicted octanol–water partition coefficient (Wildman–Crippen LogP) is 1.89. The molecule has 2 aromatic heterocycles. The summed E-state index contributed by atoms with van der Waals surface area (Å²) in [6, 6.07) is 0. The molecule has 2 N–H and O–H groups in total. The van der Waals surface area contributed by atoms with Crippen molar-refractivity contribution >= 4 is 22.8 Å². The van der Waals surface area contributed by atoms with Crippen molar-refractivity contribution in [2.75, 3.05) is 17.7 Å². The Hall–Kier alpha value is -1.56. The van der Waals surface area contributed by atoms with Gasteiger partial charge in [0, 0.05) is 19.0 Å². The first-order valence-electron chi connectivity index (χ1n) is 5.54. The van der Waals surface area contributed by atoms with E-state index < -0.39 is 0 Å². The summed E-state index contributed by atoms with van der Waals surface area (Å²) >= 11 is 1.60. The molecule has 0 unspecified atom stereocenters. The topological polar surface area (TPSA) is 60.0 Å². The molecule has 0 atom stereocenters. The van der Waals surface area contributed by atoms with Crippen LogP contribution in [0.4, 0.5) is 11.5 Å². The van der Waals surface area contributed by atoms with Crippen molar-refractivity contribution in [1.29, 1.82) is 0 Å². The molecule has 0 saturated carbocycles. The van der Waals surface area contributed by atoms with Gasteiger partial charge in [0.1, 0.15) is 0 Å². The average Bonchev–Trinajstić information content (AvgIpc) is 2.88. The van der Waals surface area contributed by atoms with Crippen molar-refractivity contribution in [3.63, 3.8) is 0 Å². The van der Waals surface area contributed by atoms with Gasteiger partial charge < -0.3 is 10.6 Å². The molecular formula is C11H17N5S. The Morgan fingerprint density at radius 1 is 1.53 bits per heavy atom. The molecule has 2 heterocycles. The SMILES string of the molecule is CCn1nc(C)c(N)c1N(C)Cc1cscn1. The summed E-state index contributed by atoms with van der Waals surface area (Å²) in [6.45, 7) is 5.56. The van der Waals surface area contributed by atoms with Gasteiger partial charge in [-0.1, -0.05) is 0 Å². The molecule has 0 bridgehead atoms. The summed E-state index contributed by atoms with van der Waals surface area (Å²) in [7, 11) is 2.01. The van der Waals surface area contributed by atoms with Crippen LogP contribution in [-0.2, 0) is 13.1 Å². The van der Waals surface area contributed by atoms with Crippen molar-refractivity contribution in [3.05, 3.63) is 22.3 Å². The van der Waals surface area contributed by atoms with E-state index >= 15 is 0 Å². The molecule has 5 nitrogen and oxygen atoms in total. The number of nitrogens with two attached hydrogens (primary N) is 1. The summed E-state index contributed by atoms with van der Waals surface area (Å²) in [6.07, 6.45) is 0.